The summed E-state index contributed by atoms with van der Waals surface area (Å²) in [6, 6.07) is 6.15. The number of hydrogen-bond donors (Lipinski definition) is 3. The maximum Gasteiger partial charge on any atom is 0.255 e. The Kier molecular flexibility index (Phi) is 5.38. The maximum absolute atomic E-state index is 14.4. The lowest BCUT2D eigenvalue weighted by atomic mass is 9.94. The number of anilines is 1. The Balaban J connectivity index is 2.01. The summed E-state index contributed by atoms with van der Waals surface area (Å²) in [6.45, 7) is 1.59. The highest BCUT2D eigenvalue weighted by atomic mass is 35.5. The van der Waals surface area contributed by atoms with Crippen LogP contribution in [0, 0.1) is 17.5 Å². The summed E-state index contributed by atoms with van der Waals surface area (Å²) < 4.78 is 40.9. The molecule has 1 aliphatic rings. The fourth-order valence-electron chi connectivity index (χ4n) is 2.77. The third kappa shape index (κ3) is 3.91. The molecule has 2 aromatic carbocycles. The van der Waals surface area contributed by atoms with Gasteiger partial charge in [-0.3, -0.25) is 4.79 Å². The van der Waals surface area contributed by atoms with E-state index in [0.29, 0.717) is 5.70 Å². The Bertz CT molecular complexity index is 960. The monoisotopic (exact) mass is 411 g/mol. The van der Waals surface area contributed by atoms with Gasteiger partial charge in [-0.1, -0.05) is 17.7 Å². The number of halogens is 4. The molecule has 0 spiro atoms. The third-order valence-corrected chi connectivity index (χ3v) is 4.53. The average Bonchev–Trinajstić information content (AvgIpc) is 2.57. The van der Waals surface area contributed by atoms with Crippen molar-refractivity contribution in [1.82, 2.24) is 10.6 Å². The van der Waals surface area contributed by atoms with Gasteiger partial charge in [-0.2, -0.15) is 0 Å². The fourth-order valence-corrected chi connectivity index (χ4v) is 3.31. The zero-order valence-electron chi connectivity index (χ0n) is 13.9. The third-order valence-electron chi connectivity index (χ3n) is 3.98. The molecular weight excluding hydrogens is 399 g/mol. The molecule has 0 radical (unpaired) electrons. The quantitative estimate of drug-likeness (QED) is 0.663. The second-order valence-electron chi connectivity index (χ2n) is 5.79. The normalized spacial score (nSPS) is 16.6. The van der Waals surface area contributed by atoms with Gasteiger partial charge in [0.15, 0.2) is 16.7 Å². The number of nitrogens with one attached hydrogen (secondary N) is 3. The molecule has 3 rings (SSSR count). The Morgan fingerprint density at radius 1 is 1.15 bits per heavy atom. The van der Waals surface area contributed by atoms with Crippen LogP contribution in [0.5, 0.6) is 0 Å². The smallest absolute Gasteiger partial charge is 0.255 e. The van der Waals surface area contributed by atoms with E-state index in [1.807, 2.05) is 0 Å². The molecule has 0 aliphatic carbocycles. The van der Waals surface area contributed by atoms with Crippen molar-refractivity contribution in [2.75, 3.05) is 5.32 Å². The van der Waals surface area contributed by atoms with E-state index in [1.165, 1.54) is 24.3 Å². The van der Waals surface area contributed by atoms with Gasteiger partial charge in [-0.25, -0.2) is 13.2 Å². The molecule has 0 aromatic heterocycles. The predicted octanol–water partition coefficient (Wildman–Crippen LogP) is 4.19. The first-order valence-electron chi connectivity index (χ1n) is 7.76. The summed E-state index contributed by atoms with van der Waals surface area (Å²) in [6.07, 6.45) is 0. The number of rotatable bonds is 3. The van der Waals surface area contributed by atoms with Crippen LogP contribution in [0.4, 0.5) is 18.9 Å². The topological polar surface area (TPSA) is 53.2 Å². The molecule has 0 bridgehead atoms. The molecule has 0 fully saturated rings. The van der Waals surface area contributed by atoms with Crippen LogP contribution in [-0.4, -0.2) is 11.0 Å². The summed E-state index contributed by atoms with van der Waals surface area (Å²) in [5, 5.41) is 8.40. The molecule has 1 heterocycles. The summed E-state index contributed by atoms with van der Waals surface area (Å²) in [5.74, 6) is -3.40. The number of thiocarbonyl (C=S) groups is 1. The van der Waals surface area contributed by atoms with E-state index >= 15 is 0 Å². The van der Waals surface area contributed by atoms with E-state index in [9.17, 15) is 18.0 Å². The zero-order valence-corrected chi connectivity index (χ0v) is 15.4. The van der Waals surface area contributed by atoms with Crippen LogP contribution in [0.3, 0.4) is 0 Å². The number of amides is 1. The summed E-state index contributed by atoms with van der Waals surface area (Å²) >= 11 is 11.2. The highest BCUT2D eigenvalue weighted by Gasteiger charge is 2.33. The number of hydrogen-bond acceptors (Lipinski definition) is 2. The highest BCUT2D eigenvalue weighted by Crippen LogP contribution is 2.34. The van der Waals surface area contributed by atoms with Crippen molar-refractivity contribution in [3.63, 3.8) is 0 Å². The van der Waals surface area contributed by atoms with Crippen molar-refractivity contribution in [1.29, 1.82) is 0 Å². The number of carbonyl (C=O) groups excluding carboxylic acids is 1. The van der Waals surface area contributed by atoms with Crippen molar-refractivity contribution in [3.8, 4) is 0 Å². The summed E-state index contributed by atoms with van der Waals surface area (Å²) in [4.78, 5) is 12.8. The van der Waals surface area contributed by atoms with E-state index in [1.54, 1.807) is 6.92 Å². The van der Waals surface area contributed by atoms with Crippen LogP contribution in [-0.2, 0) is 4.79 Å². The zero-order chi connectivity index (χ0) is 19.7. The van der Waals surface area contributed by atoms with E-state index in [0.717, 1.165) is 12.1 Å². The molecule has 9 heteroatoms. The molecule has 2 aromatic rings. The van der Waals surface area contributed by atoms with Crippen LogP contribution in [0.1, 0.15) is 18.5 Å². The molecular formula is C18H13ClF3N3OS. The van der Waals surface area contributed by atoms with Crippen LogP contribution < -0.4 is 16.0 Å². The van der Waals surface area contributed by atoms with Crippen molar-refractivity contribution >= 4 is 40.5 Å². The Morgan fingerprint density at radius 3 is 2.56 bits per heavy atom. The van der Waals surface area contributed by atoms with E-state index in [4.69, 9.17) is 23.8 Å². The van der Waals surface area contributed by atoms with Gasteiger partial charge in [0.2, 0.25) is 0 Å². The molecule has 27 heavy (non-hydrogen) atoms. The van der Waals surface area contributed by atoms with Crippen molar-refractivity contribution in [2.45, 2.75) is 13.0 Å². The first-order valence-corrected chi connectivity index (χ1v) is 8.55. The van der Waals surface area contributed by atoms with Crippen molar-refractivity contribution in [3.05, 3.63) is 75.7 Å². The van der Waals surface area contributed by atoms with Crippen molar-refractivity contribution in [2.24, 2.45) is 0 Å². The largest absolute Gasteiger partial charge is 0.351 e. The molecule has 1 atom stereocenters. The van der Waals surface area contributed by atoms with E-state index < -0.39 is 29.4 Å². The Labute approximate surface area is 163 Å². The lowest BCUT2D eigenvalue weighted by Crippen LogP contribution is -2.46. The van der Waals surface area contributed by atoms with E-state index in [-0.39, 0.29) is 27.0 Å². The molecule has 1 aliphatic heterocycles. The molecule has 1 unspecified atom stereocenters. The minimum absolute atomic E-state index is 0.0470. The van der Waals surface area contributed by atoms with Gasteiger partial charge in [0.25, 0.3) is 5.91 Å². The number of carbonyl (C=O) groups is 1. The molecule has 0 saturated carbocycles. The van der Waals surface area contributed by atoms with Crippen LogP contribution in [0.15, 0.2) is 47.7 Å². The average molecular weight is 412 g/mol. The SMILES string of the molecule is CC1=C(C(=O)Nc2ccc(F)c(F)c2)C(c2c(F)cccc2Cl)NC(=S)N1. The first-order chi connectivity index (χ1) is 12.8. The Morgan fingerprint density at radius 2 is 1.89 bits per heavy atom. The second kappa shape index (κ2) is 7.58. The van der Waals surface area contributed by atoms with Gasteiger partial charge in [0, 0.05) is 28.0 Å². The predicted molar refractivity (Wildman–Crippen MR) is 101 cm³/mol. The summed E-state index contributed by atoms with van der Waals surface area (Å²) in [7, 11) is 0. The molecule has 4 nitrogen and oxygen atoms in total. The van der Waals surface area contributed by atoms with Gasteiger partial charge >= 0.3 is 0 Å². The maximum atomic E-state index is 14.4. The van der Waals surface area contributed by atoms with Gasteiger partial charge in [0.05, 0.1) is 11.6 Å². The highest BCUT2D eigenvalue weighted by molar-refractivity contribution is 7.80. The van der Waals surface area contributed by atoms with Gasteiger partial charge in [-0.05, 0) is 43.4 Å². The molecule has 140 valence electrons. The first kappa shape index (κ1) is 19.2. The lowest BCUT2D eigenvalue weighted by molar-refractivity contribution is -0.113. The minimum Gasteiger partial charge on any atom is -0.351 e. The molecule has 3 N–H and O–H groups in total. The minimum atomic E-state index is -1.10. The van der Waals surface area contributed by atoms with Gasteiger partial charge in [0.1, 0.15) is 5.82 Å². The van der Waals surface area contributed by atoms with Gasteiger partial charge in [-0.15, -0.1) is 0 Å². The summed E-state index contributed by atoms with van der Waals surface area (Å²) in [5.41, 5.74) is 0.590. The fraction of sp³-hybridized carbons (Fsp3) is 0.111. The van der Waals surface area contributed by atoms with Crippen LogP contribution in [0.2, 0.25) is 5.02 Å². The van der Waals surface area contributed by atoms with Crippen molar-refractivity contribution < 1.29 is 18.0 Å². The van der Waals surface area contributed by atoms with E-state index in [2.05, 4.69) is 16.0 Å². The molecule has 1 amide bonds. The molecule has 0 saturated heterocycles. The lowest BCUT2D eigenvalue weighted by Gasteiger charge is -2.31. The van der Waals surface area contributed by atoms with Gasteiger partial charge < -0.3 is 16.0 Å². The van der Waals surface area contributed by atoms with Crippen LogP contribution in [0.25, 0.3) is 0 Å². The number of benzene rings is 2. The van der Waals surface area contributed by atoms with Crippen LogP contribution >= 0.6 is 23.8 Å². The second-order valence-corrected chi connectivity index (χ2v) is 6.60. The standard InChI is InChI=1S/C18H13ClF3N3OS/c1-8-14(17(26)24-9-5-6-11(20)13(22)7-9)16(25-18(27)23-8)15-10(19)3-2-4-12(15)21/h2-7,16H,1H3,(H,24,26)(H2,23,25,27). The number of allylic oxidation sites excluding steroid dienone is 1. The Hall–Kier alpha value is -2.58.